The van der Waals surface area contributed by atoms with Crippen LogP contribution >= 0.6 is 0 Å². The second-order valence-corrected chi connectivity index (χ2v) is 6.52. The quantitative estimate of drug-likeness (QED) is 0.652. The number of carbonyl (C=O) groups is 3. The maximum Gasteiger partial charge on any atom is 0.243 e. The van der Waals surface area contributed by atoms with Gasteiger partial charge in [-0.15, -0.1) is 0 Å². The second kappa shape index (κ2) is 4.03. The van der Waals surface area contributed by atoms with Gasteiger partial charge in [0.05, 0.1) is 12.1 Å². The lowest BCUT2D eigenvalue weighted by Gasteiger charge is -2.23. The zero-order chi connectivity index (χ0) is 14.5. The van der Waals surface area contributed by atoms with Crippen LogP contribution in [0.2, 0.25) is 0 Å². The summed E-state index contributed by atoms with van der Waals surface area (Å²) in [5, 5.41) is 2.65. The Labute approximate surface area is 112 Å². The lowest BCUT2D eigenvalue weighted by molar-refractivity contribution is -0.137. The number of nitrogens with zero attached hydrogens (tertiary/aromatic N) is 1. The molecule has 0 spiro atoms. The molecule has 2 rings (SSSR count). The fourth-order valence-electron chi connectivity index (χ4n) is 2.37. The van der Waals surface area contributed by atoms with Crippen molar-refractivity contribution in [3.8, 4) is 0 Å². The lowest BCUT2D eigenvalue weighted by atomic mass is 10.0. The molecule has 2 fully saturated rings. The van der Waals surface area contributed by atoms with E-state index in [0.29, 0.717) is 19.3 Å². The van der Waals surface area contributed by atoms with Gasteiger partial charge in [-0.25, -0.2) is 0 Å². The molecule has 6 heteroatoms. The topological polar surface area (TPSA) is 92.5 Å². The van der Waals surface area contributed by atoms with E-state index in [9.17, 15) is 14.4 Å². The molecule has 2 aliphatic carbocycles. The summed E-state index contributed by atoms with van der Waals surface area (Å²) >= 11 is 0. The van der Waals surface area contributed by atoms with Gasteiger partial charge in [-0.2, -0.15) is 0 Å². The van der Waals surface area contributed by atoms with Crippen molar-refractivity contribution in [3.05, 3.63) is 0 Å². The minimum atomic E-state index is -0.857. The van der Waals surface area contributed by atoms with E-state index in [2.05, 4.69) is 5.32 Å². The third-order valence-electron chi connectivity index (χ3n) is 4.32. The number of likely N-dealkylation sites (N-methyl/N-ethyl adjacent to an activating group) is 1. The maximum atomic E-state index is 12.2. The number of hydrogen-bond acceptors (Lipinski definition) is 4. The lowest BCUT2D eigenvalue weighted by Crippen LogP contribution is -2.51. The highest BCUT2D eigenvalue weighted by Crippen LogP contribution is 2.54. The van der Waals surface area contributed by atoms with Crippen LogP contribution in [0.5, 0.6) is 0 Å². The van der Waals surface area contributed by atoms with Gasteiger partial charge in [-0.1, -0.05) is 13.8 Å². The maximum absolute atomic E-state index is 12.2. The summed E-state index contributed by atoms with van der Waals surface area (Å²) in [6.07, 6.45) is 2.74. The molecule has 106 valence electrons. The van der Waals surface area contributed by atoms with Crippen LogP contribution in [0.1, 0.15) is 33.1 Å². The molecular weight excluding hydrogens is 246 g/mol. The van der Waals surface area contributed by atoms with E-state index in [4.69, 9.17) is 5.73 Å². The van der Waals surface area contributed by atoms with Gasteiger partial charge in [0.2, 0.25) is 11.8 Å². The fourth-order valence-corrected chi connectivity index (χ4v) is 2.37. The third-order valence-corrected chi connectivity index (χ3v) is 4.32. The minimum Gasteiger partial charge on any atom is -0.342 e. The van der Waals surface area contributed by atoms with Crippen LogP contribution in [0.15, 0.2) is 0 Å². The van der Waals surface area contributed by atoms with E-state index in [1.54, 1.807) is 7.05 Å². The van der Waals surface area contributed by atoms with Crippen LogP contribution in [0.4, 0.5) is 0 Å². The number of nitrogens with two attached hydrogens (primary N) is 1. The Hall–Kier alpha value is -1.43. The second-order valence-electron chi connectivity index (χ2n) is 6.52. The van der Waals surface area contributed by atoms with Crippen molar-refractivity contribution < 1.29 is 14.4 Å². The van der Waals surface area contributed by atoms with Gasteiger partial charge in [-0.3, -0.25) is 9.59 Å². The zero-order valence-corrected chi connectivity index (χ0v) is 11.7. The number of carbonyl (C=O) groups excluding carboxylic acids is 3. The summed E-state index contributed by atoms with van der Waals surface area (Å²) in [7, 11) is 1.56. The number of amides is 2. The first kappa shape index (κ1) is 14.0. The largest absolute Gasteiger partial charge is 0.342 e. The van der Waals surface area contributed by atoms with Crippen LogP contribution in [0, 0.1) is 5.41 Å². The summed E-state index contributed by atoms with van der Waals surface area (Å²) in [5.74, 6) is -0.536. The van der Waals surface area contributed by atoms with E-state index in [1.807, 2.05) is 13.8 Å². The Morgan fingerprint density at radius 1 is 1.37 bits per heavy atom. The molecular formula is C13H21N3O3. The Bertz CT molecular complexity index is 442. The van der Waals surface area contributed by atoms with Gasteiger partial charge >= 0.3 is 0 Å². The fraction of sp³-hybridized carbons (Fsp3) is 0.769. The number of aldehydes is 1. The molecule has 1 unspecified atom stereocenters. The smallest absolute Gasteiger partial charge is 0.243 e. The number of nitrogens with one attached hydrogen (secondary N) is 1. The van der Waals surface area contributed by atoms with Gasteiger partial charge in [-0.05, 0) is 24.7 Å². The molecule has 0 heterocycles. The molecule has 19 heavy (non-hydrogen) atoms. The van der Waals surface area contributed by atoms with Crippen molar-refractivity contribution in [2.45, 2.75) is 44.2 Å². The van der Waals surface area contributed by atoms with Crippen LogP contribution in [0.3, 0.4) is 0 Å². The molecule has 0 aromatic carbocycles. The molecule has 0 aliphatic heterocycles. The zero-order valence-electron chi connectivity index (χ0n) is 11.7. The first-order chi connectivity index (χ1) is 8.66. The summed E-state index contributed by atoms with van der Waals surface area (Å²) < 4.78 is 0. The molecule has 0 aromatic heterocycles. The van der Waals surface area contributed by atoms with Gasteiger partial charge in [0.15, 0.2) is 0 Å². The first-order valence-corrected chi connectivity index (χ1v) is 6.48. The molecule has 2 saturated carbocycles. The van der Waals surface area contributed by atoms with E-state index in [-0.39, 0.29) is 23.8 Å². The molecule has 0 bridgehead atoms. The van der Waals surface area contributed by atoms with Gasteiger partial charge in [0, 0.05) is 7.05 Å². The Balaban J connectivity index is 1.88. The third kappa shape index (κ3) is 2.36. The van der Waals surface area contributed by atoms with Gasteiger partial charge in [0.1, 0.15) is 11.8 Å². The molecule has 2 aliphatic rings. The average molecular weight is 267 g/mol. The van der Waals surface area contributed by atoms with Crippen LogP contribution in [0.25, 0.3) is 0 Å². The van der Waals surface area contributed by atoms with E-state index >= 15 is 0 Å². The summed E-state index contributed by atoms with van der Waals surface area (Å²) in [6.45, 7) is 3.80. The van der Waals surface area contributed by atoms with Crippen LogP contribution in [-0.4, -0.2) is 47.7 Å². The van der Waals surface area contributed by atoms with Gasteiger partial charge < -0.3 is 20.7 Å². The van der Waals surface area contributed by atoms with Crippen LogP contribution in [-0.2, 0) is 14.4 Å². The number of rotatable bonds is 5. The highest BCUT2D eigenvalue weighted by molar-refractivity contribution is 5.94. The highest BCUT2D eigenvalue weighted by atomic mass is 16.2. The van der Waals surface area contributed by atoms with Gasteiger partial charge in [0.25, 0.3) is 0 Å². The average Bonchev–Trinajstić information content (AvgIpc) is 3.17. The molecule has 3 N–H and O–H groups in total. The summed E-state index contributed by atoms with van der Waals surface area (Å²) in [4.78, 5) is 36.1. The minimum absolute atomic E-state index is 0.0660. The van der Waals surface area contributed by atoms with Crippen LogP contribution < -0.4 is 11.1 Å². The van der Waals surface area contributed by atoms with Crippen molar-refractivity contribution in [2.24, 2.45) is 11.1 Å². The molecule has 6 nitrogen and oxygen atoms in total. The SMILES string of the molecule is CN(CC(=O)NC1(C=O)CC1)C(=O)C1(N)CC1(C)C. The van der Waals surface area contributed by atoms with E-state index in [1.165, 1.54) is 4.90 Å². The molecule has 2 amide bonds. The Morgan fingerprint density at radius 2 is 1.89 bits per heavy atom. The van der Waals surface area contributed by atoms with E-state index in [0.717, 1.165) is 6.29 Å². The van der Waals surface area contributed by atoms with Crippen molar-refractivity contribution in [2.75, 3.05) is 13.6 Å². The molecule has 0 aromatic rings. The summed E-state index contributed by atoms with van der Waals surface area (Å²) in [5.41, 5.74) is 4.28. The van der Waals surface area contributed by atoms with Crippen molar-refractivity contribution in [1.82, 2.24) is 10.2 Å². The Morgan fingerprint density at radius 3 is 2.26 bits per heavy atom. The van der Waals surface area contributed by atoms with Crippen molar-refractivity contribution in [3.63, 3.8) is 0 Å². The molecule has 0 radical (unpaired) electrons. The summed E-state index contributed by atoms with van der Waals surface area (Å²) in [6, 6.07) is 0. The van der Waals surface area contributed by atoms with E-state index < -0.39 is 11.1 Å². The monoisotopic (exact) mass is 267 g/mol. The highest BCUT2D eigenvalue weighted by Gasteiger charge is 2.64. The molecule has 0 saturated heterocycles. The predicted octanol–water partition coefficient (Wildman–Crippen LogP) is -0.580. The first-order valence-electron chi connectivity index (χ1n) is 6.48. The standard InChI is InChI=1S/C13H21N3O3/c1-11(2)7-13(11,14)10(19)16(3)6-9(18)15-12(8-17)4-5-12/h8H,4-7,14H2,1-3H3,(H,15,18). The predicted molar refractivity (Wildman–Crippen MR) is 69.1 cm³/mol. The van der Waals surface area contributed by atoms with Crippen molar-refractivity contribution in [1.29, 1.82) is 0 Å². The Kier molecular flexibility index (Phi) is 2.97. The normalized spacial score (nSPS) is 29.3. The molecule has 1 atom stereocenters. The number of hydrogen-bond donors (Lipinski definition) is 2. The van der Waals surface area contributed by atoms with Crippen molar-refractivity contribution >= 4 is 18.1 Å².